The molecule has 4 aromatic rings. The first-order valence-electron chi connectivity index (χ1n) is 9.88. The lowest BCUT2D eigenvalue weighted by atomic mass is 10.0. The molecule has 1 saturated heterocycles. The molecule has 0 aliphatic carbocycles. The predicted octanol–water partition coefficient (Wildman–Crippen LogP) is 3.40. The summed E-state index contributed by atoms with van der Waals surface area (Å²) in [5.41, 5.74) is 3.40. The molecule has 1 fully saturated rings. The fourth-order valence-corrected chi connectivity index (χ4v) is 3.74. The summed E-state index contributed by atoms with van der Waals surface area (Å²) in [6.45, 7) is 3.81. The van der Waals surface area contributed by atoms with Crippen LogP contribution in [0.4, 0.5) is 10.2 Å². The Hall–Kier alpha value is -3.58. The molecule has 0 saturated carbocycles. The third kappa shape index (κ3) is 3.44. The molecule has 0 spiro atoms. The van der Waals surface area contributed by atoms with E-state index in [9.17, 15) is 9.18 Å². The largest absolute Gasteiger partial charge is 0.354 e. The molecule has 5 rings (SSSR count). The Morgan fingerprint density at radius 1 is 0.967 bits per heavy atom. The number of fused-ring (bicyclic) bond motifs is 1. The van der Waals surface area contributed by atoms with Crippen LogP contribution in [0.5, 0.6) is 0 Å². The summed E-state index contributed by atoms with van der Waals surface area (Å²) in [4.78, 5) is 27.3. The lowest BCUT2D eigenvalue weighted by Crippen LogP contribution is -2.43. The Balaban J connectivity index is 1.46. The minimum Gasteiger partial charge on any atom is -0.354 e. The Morgan fingerprint density at radius 2 is 1.73 bits per heavy atom. The van der Waals surface area contributed by atoms with E-state index in [1.54, 1.807) is 12.4 Å². The molecular weight excluding hydrogens is 381 g/mol. The molecular formula is C23H20FN5O. The summed E-state index contributed by atoms with van der Waals surface area (Å²) < 4.78 is 13.2. The van der Waals surface area contributed by atoms with Crippen molar-refractivity contribution < 1.29 is 9.18 Å². The zero-order valence-corrected chi connectivity index (χ0v) is 16.2. The zero-order valence-electron chi connectivity index (χ0n) is 16.2. The number of anilines is 1. The van der Waals surface area contributed by atoms with Crippen LogP contribution in [0.15, 0.2) is 61.1 Å². The second kappa shape index (κ2) is 7.68. The van der Waals surface area contributed by atoms with E-state index in [4.69, 9.17) is 0 Å². The van der Waals surface area contributed by atoms with Crippen LogP contribution < -0.4 is 10.2 Å². The molecule has 30 heavy (non-hydrogen) atoms. The number of H-pyrrole nitrogens is 1. The standard InChI is InChI=1S/C23H20FN5O/c24-18-4-1-15(2-5-18)22(30)20-14-28-23-19(20)11-17(13-27-23)16-3-6-21(26-12-16)29-9-7-25-8-10-29/h1-6,11-14,25H,7-10H2,(H,27,28). The van der Waals surface area contributed by atoms with E-state index in [2.05, 4.69) is 25.2 Å². The van der Waals surface area contributed by atoms with E-state index in [1.165, 1.54) is 24.3 Å². The minimum atomic E-state index is -0.369. The van der Waals surface area contributed by atoms with E-state index >= 15 is 0 Å². The van der Waals surface area contributed by atoms with E-state index in [0.29, 0.717) is 16.8 Å². The Kier molecular flexibility index (Phi) is 4.72. The molecule has 0 amide bonds. The highest BCUT2D eigenvalue weighted by molar-refractivity contribution is 6.16. The number of pyridine rings is 2. The monoisotopic (exact) mass is 401 g/mol. The number of aromatic amines is 1. The van der Waals surface area contributed by atoms with Crippen molar-refractivity contribution in [1.29, 1.82) is 0 Å². The van der Waals surface area contributed by atoms with Crippen LogP contribution in [-0.2, 0) is 0 Å². The number of nitrogens with one attached hydrogen (secondary N) is 2. The fraction of sp³-hybridized carbons (Fsp3) is 0.174. The average molecular weight is 401 g/mol. The van der Waals surface area contributed by atoms with Gasteiger partial charge in [0.1, 0.15) is 17.3 Å². The van der Waals surface area contributed by atoms with Crippen molar-refractivity contribution in [2.24, 2.45) is 0 Å². The fourth-order valence-electron chi connectivity index (χ4n) is 3.74. The van der Waals surface area contributed by atoms with E-state index in [0.717, 1.165) is 48.5 Å². The number of hydrogen-bond donors (Lipinski definition) is 2. The first-order valence-corrected chi connectivity index (χ1v) is 9.88. The number of carbonyl (C=O) groups excluding carboxylic acids is 1. The maximum Gasteiger partial charge on any atom is 0.195 e. The molecule has 2 N–H and O–H groups in total. The first kappa shape index (κ1) is 18.4. The third-order valence-corrected chi connectivity index (χ3v) is 5.40. The van der Waals surface area contributed by atoms with Crippen LogP contribution >= 0.6 is 0 Å². The van der Waals surface area contributed by atoms with Crippen LogP contribution in [0.3, 0.4) is 0 Å². The van der Waals surface area contributed by atoms with Crippen molar-refractivity contribution in [1.82, 2.24) is 20.3 Å². The highest BCUT2D eigenvalue weighted by Crippen LogP contribution is 2.27. The Labute approximate surface area is 172 Å². The van der Waals surface area contributed by atoms with E-state index in [-0.39, 0.29) is 11.6 Å². The van der Waals surface area contributed by atoms with Crippen molar-refractivity contribution >= 4 is 22.6 Å². The van der Waals surface area contributed by atoms with Gasteiger partial charge in [-0.05, 0) is 42.5 Å². The Bertz CT molecular complexity index is 1190. The van der Waals surface area contributed by atoms with Gasteiger partial charge in [0.05, 0.1) is 0 Å². The number of carbonyl (C=O) groups is 1. The number of nitrogens with zero attached hydrogens (tertiary/aromatic N) is 3. The van der Waals surface area contributed by atoms with Gasteiger partial charge in [0.2, 0.25) is 0 Å². The number of aromatic nitrogens is 3. The molecule has 7 heteroatoms. The number of ketones is 1. The van der Waals surface area contributed by atoms with Crippen LogP contribution in [-0.4, -0.2) is 46.9 Å². The van der Waals surface area contributed by atoms with E-state index < -0.39 is 0 Å². The quantitative estimate of drug-likeness (QED) is 0.513. The van der Waals surface area contributed by atoms with Crippen LogP contribution in [0.25, 0.3) is 22.2 Å². The first-order chi connectivity index (χ1) is 14.7. The number of halogens is 1. The summed E-state index contributed by atoms with van der Waals surface area (Å²) in [5.74, 6) is 0.418. The van der Waals surface area contributed by atoms with Crippen LogP contribution in [0.2, 0.25) is 0 Å². The van der Waals surface area contributed by atoms with Gasteiger partial charge in [-0.2, -0.15) is 0 Å². The van der Waals surface area contributed by atoms with Gasteiger partial charge in [-0.3, -0.25) is 4.79 Å². The smallest absolute Gasteiger partial charge is 0.195 e. The molecule has 6 nitrogen and oxygen atoms in total. The number of rotatable bonds is 4. The molecule has 0 atom stereocenters. The van der Waals surface area contributed by atoms with Gasteiger partial charge in [-0.1, -0.05) is 0 Å². The van der Waals surface area contributed by atoms with Crippen molar-refractivity contribution in [3.63, 3.8) is 0 Å². The average Bonchev–Trinajstić information content (AvgIpc) is 3.23. The van der Waals surface area contributed by atoms with Gasteiger partial charge in [0.25, 0.3) is 0 Å². The molecule has 0 unspecified atom stereocenters. The maximum atomic E-state index is 13.2. The highest BCUT2D eigenvalue weighted by Gasteiger charge is 2.16. The molecule has 1 aliphatic heterocycles. The van der Waals surface area contributed by atoms with Gasteiger partial charge in [0.15, 0.2) is 5.78 Å². The maximum absolute atomic E-state index is 13.2. The van der Waals surface area contributed by atoms with Crippen molar-refractivity contribution in [3.05, 3.63) is 78.0 Å². The van der Waals surface area contributed by atoms with E-state index in [1.807, 2.05) is 24.4 Å². The van der Waals surface area contributed by atoms with Gasteiger partial charge < -0.3 is 15.2 Å². The molecule has 0 radical (unpaired) electrons. The highest BCUT2D eigenvalue weighted by atomic mass is 19.1. The number of benzene rings is 1. The molecule has 150 valence electrons. The minimum absolute atomic E-state index is 0.174. The van der Waals surface area contributed by atoms with Crippen LogP contribution in [0, 0.1) is 5.82 Å². The van der Waals surface area contributed by atoms with Gasteiger partial charge in [0, 0.05) is 72.4 Å². The van der Waals surface area contributed by atoms with Crippen molar-refractivity contribution in [3.8, 4) is 11.1 Å². The predicted molar refractivity (Wildman–Crippen MR) is 114 cm³/mol. The number of hydrogen-bond acceptors (Lipinski definition) is 5. The SMILES string of the molecule is O=C(c1ccc(F)cc1)c1c[nH]c2ncc(-c3ccc(N4CCNCC4)nc3)cc12. The summed E-state index contributed by atoms with van der Waals surface area (Å²) in [7, 11) is 0. The van der Waals surface area contributed by atoms with Crippen molar-refractivity contribution in [2.75, 3.05) is 31.1 Å². The van der Waals surface area contributed by atoms with Gasteiger partial charge in [-0.15, -0.1) is 0 Å². The molecule has 1 aliphatic rings. The molecule has 1 aromatic carbocycles. The summed E-state index contributed by atoms with van der Waals surface area (Å²) >= 11 is 0. The summed E-state index contributed by atoms with van der Waals surface area (Å²) in [5, 5.41) is 4.07. The topological polar surface area (TPSA) is 73.9 Å². The lowest BCUT2D eigenvalue weighted by molar-refractivity contribution is 0.104. The molecule has 3 aromatic heterocycles. The molecule has 4 heterocycles. The summed E-state index contributed by atoms with van der Waals surface area (Å²) in [6, 6.07) is 11.6. The Morgan fingerprint density at radius 3 is 2.47 bits per heavy atom. The van der Waals surface area contributed by atoms with Gasteiger partial charge in [-0.25, -0.2) is 14.4 Å². The molecule has 0 bridgehead atoms. The third-order valence-electron chi connectivity index (χ3n) is 5.40. The lowest BCUT2D eigenvalue weighted by Gasteiger charge is -2.28. The number of piperazine rings is 1. The van der Waals surface area contributed by atoms with Crippen LogP contribution in [0.1, 0.15) is 15.9 Å². The van der Waals surface area contributed by atoms with Gasteiger partial charge >= 0.3 is 0 Å². The second-order valence-electron chi connectivity index (χ2n) is 7.30. The van der Waals surface area contributed by atoms with Crippen molar-refractivity contribution in [2.45, 2.75) is 0 Å². The second-order valence-corrected chi connectivity index (χ2v) is 7.30. The zero-order chi connectivity index (χ0) is 20.5. The normalized spacial score (nSPS) is 14.2. The summed E-state index contributed by atoms with van der Waals surface area (Å²) in [6.07, 6.45) is 5.26.